The van der Waals surface area contributed by atoms with E-state index in [4.69, 9.17) is 4.74 Å². The van der Waals surface area contributed by atoms with E-state index < -0.39 is 28.4 Å². The molecule has 0 heterocycles. The van der Waals surface area contributed by atoms with Gasteiger partial charge in [-0.2, -0.15) is 0 Å². The Morgan fingerprint density at radius 3 is 2.36 bits per heavy atom. The molecule has 0 saturated carbocycles. The van der Waals surface area contributed by atoms with Crippen molar-refractivity contribution in [1.29, 1.82) is 0 Å². The summed E-state index contributed by atoms with van der Waals surface area (Å²) in [6.45, 7) is 3.24. The number of amides is 1. The lowest BCUT2D eigenvalue weighted by Gasteiger charge is -2.22. The van der Waals surface area contributed by atoms with Gasteiger partial charge in [-0.1, -0.05) is 22.0 Å². The average Bonchev–Trinajstić information content (AvgIpc) is 2.61. The molecule has 1 amide bonds. The van der Waals surface area contributed by atoms with Crippen LogP contribution in [0.15, 0.2) is 46.9 Å². The van der Waals surface area contributed by atoms with Crippen molar-refractivity contribution in [3.63, 3.8) is 0 Å². The van der Waals surface area contributed by atoms with Gasteiger partial charge in [0.15, 0.2) is 0 Å². The minimum Gasteiger partial charge on any atom is -0.462 e. The summed E-state index contributed by atoms with van der Waals surface area (Å²) in [4.78, 5) is 24.5. The highest BCUT2D eigenvalue weighted by Crippen LogP contribution is 2.22. The molecule has 28 heavy (non-hydrogen) atoms. The highest BCUT2D eigenvalue weighted by molar-refractivity contribution is 9.10. The van der Waals surface area contributed by atoms with Crippen LogP contribution in [0, 0.1) is 6.92 Å². The summed E-state index contributed by atoms with van der Waals surface area (Å²) in [5, 5.41) is 2.67. The van der Waals surface area contributed by atoms with E-state index in [1.165, 1.54) is 0 Å². The Kier molecular flexibility index (Phi) is 7.20. The van der Waals surface area contributed by atoms with E-state index in [9.17, 15) is 18.0 Å². The first kappa shape index (κ1) is 21.9. The van der Waals surface area contributed by atoms with Crippen LogP contribution >= 0.6 is 15.9 Å². The van der Waals surface area contributed by atoms with Gasteiger partial charge in [-0.3, -0.25) is 9.10 Å². The molecule has 0 spiro atoms. The summed E-state index contributed by atoms with van der Waals surface area (Å²) in [6.07, 6.45) is 1.04. The van der Waals surface area contributed by atoms with Crippen LogP contribution in [-0.4, -0.2) is 39.7 Å². The fourth-order valence-corrected chi connectivity index (χ4v) is 3.65. The third-order valence-corrected chi connectivity index (χ3v) is 5.57. The lowest BCUT2D eigenvalue weighted by atomic mass is 10.1. The SMILES string of the molecule is CCOC(=O)c1cccc(NC(=O)CN(c2ccc(Br)cc2)S(C)(=O)=O)c1C. The Morgan fingerprint density at radius 2 is 1.79 bits per heavy atom. The molecular formula is C19H21BrN2O5S. The number of rotatable bonds is 7. The largest absolute Gasteiger partial charge is 0.462 e. The van der Waals surface area contributed by atoms with Crippen LogP contribution in [0.1, 0.15) is 22.8 Å². The average molecular weight is 469 g/mol. The first-order valence-electron chi connectivity index (χ1n) is 8.43. The lowest BCUT2D eigenvalue weighted by Crippen LogP contribution is -2.37. The second kappa shape index (κ2) is 9.20. The van der Waals surface area contributed by atoms with Crippen molar-refractivity contribution in [2.45, 2.75) is 13.8 Å². The summed E-state index contributed by atoms with van der Waals surface area (Å²) >= 11 is 3.29. The van der Waals surface area contributed by atoms with E-state index in [0.717, 1.165) is 15.0 Å². The Morgan fingerprint density at radius 1 is 1.14 bits per heavy atom. The molecule has 150 valence electrons. The number of benzene rings is 2. The lowest BCUT2D eigenvalue weighted by molar-refractivity contribution is -0.114. The molecule has 0 aliphatic rings. The van der Waals surface area contributed by atoms with Crippen LogP contribution in [0.4, 0.5) is 11.4 Å². The van der Waals surface area contributed by atoms with Crippen molar-refractivity contribution < 1.29 is 22.7 Å². The summed E-state index contributed by atoms with van der Waals surface area (Å²) < 4.78 is 31.1. The minimum atomic E-state index is -3.67. The number of anilines is 2. The smallest absolute Gasteiger partial charge is 0.338 e. The molecule has 0 fully saturated rings. The number of nitrogens with zero attached hydrogens (tertiary/aromatic N) is 1. The summed E-state index contributed by atoms with van der Waals surface area (Å²) in [5.41, 5.74) is 1.68. The zero-order chi connectivity index (χ0) is 20.9. The monoisotopic (exact) mass is 468 g/mol. The zero-order valence-corrected chi connectivity index (χ0v) is 18.1. The van der Waals surface area contributed by atoms with Crippen molar-refractivity contribution in [3.05, 3.63) is 58.1 Å². The molecule has 9 heteroatoms. The Balaban J connectivity index is 2.23. The predicted octanol–water partition coefficient (Wildman–Crippen LogP) is 3.34. The number of hydrogen-bond donors (Lipinski definition) is 1. The van der Waals surface area contributed by atoms with Crippen molar-refractivity contribution in [1.82, 2.24) is 0 Å². The number of esters is 1. The molecule has 2 aromatic carbocycles. The van der Waals surface area contributed by atoms with Crippen LogP contribution in [-0.2, 0) is 19.6 Å². The molecule has 0 saturated heterocycles. The molecule has 2 rings (SSSR count). The number of halogens is 1. The Labute approximate surface area is 172 Å². The molecule has 0 atom stereocenters. The van der Waals surface area contributed by atoms with Gasteiger partial charge in [0, 0.05) is 10.2 Å². The minimum absolute atomic E-state index is 0.241. The van der Waals surface area contributed by atoms with Crippen molar-refractivity contribution in [3.8, 4) is 0 Å². The highest BCUT2D eigenvalue weighted by atomic mass is 79.9. The maximum absolute atomic E-state index is 12.5. The normalized spacial score (nSPS) is 11.0. The predicted molar refractivity (Wildman–Crippen MR) is 112 cm³/mol. The molecular weight excluding hydrogens is 448 g/mol. The van der Waals surface area contributed by atoms with E-state index in [-0.39, 0.29) is 6.61 Å². The van der Waals surface area contributed by atoms with Crippen molar-refractivity contribution in [2.24, 2.45) is 0 Å². The standard InChI is InChI=1S/C19H21BrN2O5S/c1-4-27-19(24)16-6-5-7-17(13(16)2)21-18(23)12-22(28(3,25)26)15-10-8-14(20)9-11-15/h5-11H,4,12H2,1-3H3,(H,21,23). The molecule has 0 aromatic heterocycles. The Hall–Kier alpha value is -2.39. The van der Waals surface area contributed by atoms with Gasteiger partial charge < -0.3 is 10.1 Å². The highest BCUT2D eigenvalue weighted by Gasteiger charge is 2.22. The van der Waals surface area contributed by atoms with Gasteiger partial charge in [0.1, 0.15) is 6.54 Å². The van der Waals surface area contributed by atoms with E-state index >= 15 is 0 Å². The number of carbonyl (C=O) groups is 2. The van der Waals surface area contributed by atoms with Crippen LogP contribution in [0.3, 0.4) is 0 Å². The number of hydrogen-bond acceptors (Lipinski definition) is 5. The Bertz CT molecular complexity index is 974. The van der Waals surface area contributed by atoms with Crippen LogP contribution in [0.2, 0.25) is 0 Å². The summed E-state index contributed by atoms with van der Waals surface area (Å²) in [6, 6.07) is 11.5. The van der Waals surface area contributed by atoms with Crippen molar-refractivity contribution >= 4 is 49.2 Å². The van der Waals surface area contributed by atoms with E-state index in [0.29, 0.717) is 22.5 Å². The number of carbonyl (C=O) groups excluding carboxylic acids is 2. The molecule has 0 radical (unpaired) electrons. The van der Waals surface area contributed by atoms with Gasteiger partial charge in [-0.25, -0.2) is 13.2 Å². The topological polar surface area (TPSA) is 92.8 Å². The van der Waals surface area contributed by atoms with Gasteiger partial charge in [-0.15, -0.1) is 0 Å². The van der Waals surface area contributed by atoms with E-state index in [1.54, 1.807) is 56.3 Å². The number of nitrogens with one attached hydrogen (secondary N) is 1. The maximum atomic E-state index is 12.5. The quantitative estimate of drug-likeness (QED) is 0.628. The second-order valence-electron chi connectivity index (χ2n) is 5.99. The maximum Gasteiger partial charge on any atom is 0.338 e. The van der Waals surface area contributed by atoms with Crippen molar-refractivity contribution in [2.75, 3.05) is 29.0 Å². The van der Waals surface area contributed by atoms with E-state index in [2.05, 4.69) is 21.2 Å². The fourth-order valence-electron chi connectivity index (χ4n) is 2.53. The molecule has 0 aliphatic heterocycles. The summed E-state index contributed by atoms with van der Waals surface area (Å²) in [5.74, 6) is -1.01. The first-order valence-corrected chi connectivity index (χ1v) is 11.1. The van der Waals surface area contributed by atoms with E-state index in [1.807, 2.05) is 0 Å². The van der Waals surface area contributed by atoms with Gasteiger partial charge in [-0.05, 0) is 55.8 Å². The van der Waals surface area contributed by atoms with Crippen LogP contribution in [0.5, 0.6) is 0 Å². The van der Waals surface area contributed by atoms with Gasteiger partial charge in [0.25, 0.3) is 0 Å². The molecule has 0 aliphatic carbocycles. The molecule has 2 aromatic rings. The fraction of sp³-hybridized carbons (Fsp3) is 0.263. The number of ether oxygens (including phenoxy) is 1. The van der Waals surface area contributed by atoms with Gasteiger partial charge in [0.05, 0.1) is 24.1 Å². The third-order valence-electron chi connectivity index (χ3n) is 3.91. The molecule has 0 bridgehead atoms. The zero-order valence-electron chi connectivity index (χ0n) is 15.7. The molecule has 0 unspecified atom stereocenters. The third kappa shape index (κ3) is 5.56. The summed E-state index contributed by atoms with van der Waals surface area (Å²) in [7, 11) is -3.67. The van der Waals surface area contributed by atoms with Crippen LogP contribution < -0.4 is 9.62 Å². The molecule has 1 N–H and O–H groups in total. The first-order chi connectivity index (χ1) is 13.1. The van der Waals surface area contributed by atoms with Gasteiger partial charge in [0.2, 0.25) is 15.9 Å². The number of sulfonamides is 1. The van der Waals surface area contributed by atoms with Crippen LogP contribution in [0.25, 0.3) is 0 Å². The molecule has 7 nitrogen and oxygen atoms in total. The van der Waals surface area contributed by atoms with Gasteiger partial charge >= 0.3 is 5.97 Å². The second-order valence-corrected chi connectivity index (χ2v) is 8.82.